The van der Waals surface area contributed by atoms with E-state index in [0.29, 0.717) is 18.0 Å². The third-order valence-electron chi connectivity index (χ3n) is 2.90. The minimum atomic E-state index is -0.370. The zero-order valence-corrected chi connectivity index (χ0v) is 12.4. The van der Waals surface area contributed by atoms with E-state index in [1.807, 2.05) is 13.8 Å². The van der Waals surface area contributed by atoms with E-state index in [0.717, 1.165) is 0 Å². The second-order valence-electron chi connectivity index (χ2n) is 5.33. The molecule has 0 radical (unpaired) electrons. The maximum atomic E-state index is 12.2. The second-order valence-corrected chi connectivity index (χ2v) is 5.33. The highest BCUT2D eigenvalue weighted by molar-refractivity contribution is 5.98. The van der Waals surface area contributed by atoms with E-state index in [4.69, 9.17) is 0 Å². The zero-order chi connectivity index (χ0) is 15.3. The van der Waals surface area contributed by atoms with Crippen LogP contribution in [-0.4, -0.2) is 42.0 Å². The number of nitrogens with zero attached hydrogens (tertiary/aromatic N) is 1. The van der Waals surface area contributed by atoms with Gasteiger partial charge in [0.15, 0.2) is 0 Å². The molecule has 5 heteroatoms. The number of nitrogens with one attached hydrogen (secondary N) is 1. The average Bonchev–Trinajstić information content (AvgIpc) is 2.38. The lowest BCUT2D eigenvalue weighted by atomic mass is 10.1. The molecule has 0 unspecified atom stereocenters. The lowest BCUT2D eigenvalue weighted by molar-refractivity contribution is -0.121. The van der Waals surface area contributed by atoms with E-state index < -0.39 is 0 Å². The molecule has 20 heavy (non-hydrogen) atoms. The molecule has 0 spiro atoms. The van der Waals surface area contributed by atoms with Gasteiger partial charge in [-0.1, -0.05) is 26.0 Å². The van der Waals surface area contributed by atoms with Gasteiger partial charge in [-0.2, -0.15) is 0 Å². The van der Waals surface area contributed by atoms with E-state index in [1.165, 1.54) is 4.90 Å². The van der Waals surface area contributed by atoms with Crippen molar-refractivity contribution in [2.75, 3.05) is 20.1 Å². The minimum Gasteiger partial charge on any atom is -0.507 e. The number of hydrogen-bond donors (Lipinski definition) is 2. The third-order valence-corrected chi connectivity index (χ3v) is 2.90. The molecule has 0 aliphatic carbocycles. The predicted octanol–water partition coefficient (Wildman–Crippen LogP) is 1.54. The SMILES string of the molecule is Cc1cccc(C(=O)N(C)CC(=O)NCC(C)C)c1O. The van der Waals surface area contributed by atoms with Crippen molar-refractivity contribution in [1.82, 2.24) is 10.2 Å². The van der Waals surface area contributed by atoms with Crippen LogP contribution in [0.25, 0.3) is 0 Å². The molecule has 0 fully saturated rings. The Morgan fingerprint density at radius 1 is 1.35 bits per heavy atom. The van der Waals surface area contributed by atoms with Gasteiger partial charge in [0.05, 0.1) is 12.1 Å². The van der Waals surface area contributed by atoms with Crippen molar-refractivity contribution in [3.8, 4) is 5.75 Å². The molecule has 0 saturated carbocycles. The number of likely N-dealkylation sites (N-methyl/N-ethyl adjacent to an activating group) is 1. The number of phenolic OH excluding ortho intramolecular Hbond substituents is 1. The molecule has 2 amide bonds. The highest BCUT2D eigenvalue weighted by Gasteiger charge is 2.18. The standard InChI is InChI=1S/C15H22N2O3/c1-10(2)8-16-13(18)9-17(4)15(20)12-7-5-6-11(3)14(12)19/h5-7,10,19H,8-9H2,1-4H3,(H,16,18). The number of phenols is 1. The molecule has 1 aromatic rings. The summed E-state index contributed by atoms with van der Waals surface area (Å²) in [5.74, 6) is -0.250. The summed E-state index contributed by atoms with van der Waals surface area (Å²) in [6, 6.07) is 4.98. The van der Waals surface area contributed by atoms with Crippen LogP contribution >= 0.6 is 0 Å². The summed E-state index contributed by atoms with van der Waals surface area (Å²) in [4.78, 5) is 25.2. The van der Waals surface area contributed by atoms with Gasteiger partial charge in [-0.3, -0.25) is 9.59 Å². The molecule has 0 aliphatic heterocycles. The number of rotatable bonds is 5. The molecular formula is C15H22N2O3. The number of aryl methyl sites for hydroxylation is 1. The van der Waals surface area contributed by atoms with Gasteiger partial charge in [-0.15, -0.1) is 0 Å². The molecule has 2 N–H and O–H groups in total. The first-order valence-corrected chi connectivity index (χ1v) is 6.63. The number of para-hydroxylation sites is 1. The summed E-state index contributed by atoms with van der Waals surface area (Å²) in [7, 11) is 1.54. The van der Waals surface area contributed by atoms with Gasteiger partial charge in [0, 0.05) is 13.6 Å². The summed E-state index contributed by atoms with van der Waals surface area (Å²) < 4.78 is 0. The van der Waals surface area contributed by atoms with Gasteiger partial charge in [0.1, 0.15) is 5.75 Å². The monoisotopic (exact) mass is 278 g/mol. The van der Waals surface area contributed by atoms with Crippen LogP contribution in [0.2, 0.25) is 0 Å². The lowest BCUT2D eigenvalue weighted by Gasteiger charge is -2.18. The van der Waals surface area contributed by atoms with E-state index in [1.54, 1.807) is 32.2 Å². The predicted molar refractivity (Wildman–Crippen MR) is 77.7 cm³/mol. The Balaban J connectivity index is 2.67. The topological polar surface area (TPSA) is 69.6 Å². The van der Waals surface area contributed by atoms with Crippen LogP contribution in [0, 0.1) is 12.8 Å². The smallest absolute Gasteiger partial charge is 0.257 e. The summed E-state index contributed by atoms with van der Waals surface area (Å²) in [6.45, 7) is 6.27. The van der Waals surface area contributed by atoms with Crippen molar-refractivity contribution in [2.45, 2.75) is 20.8 Å². The van der Waals surface area contributed by atoms with Crippen LogP contribution in [0.1, 0.15) is 29.8 Å². The molecule has 0 aromatic heterocycles. The Labute approximate surface area is 119 Å². The van der Waals surface area contributed by atoms with Gasteiger partial charge in [0.2, 0.25) is 5.91 Å². The van der Waals surface area contributed by atoms with E-state index in [-0.39, 0.29) is 29.7 Å². The molecule has 0 heterocycles. The maximum absolute atomic E-state index is 12.2. The largest absolute Gasteiger partial charge is 0.507 e. The van der Waals surface area contributed by atoms with Crippen molar-refractivity contribution in [3.63, 3.8) is 0 Å². The molecule has 0 atom stereocenters. The number of amides is 2. The number of carbonyl (C=O) groups is 2. The van der Waals surface area contributed by atoms with Gasteiger partial charge >= 0.3 is 0 Å². The van der Waals surface area contributed by atoms with Crippen molar-refractivity contribution >= 4 is 11.8 Å². The van der Waals surface area contributed by atoms with Crippen LogP contribution in [0.3, 0.4) is 0 Å². The normalized spacial score (nSPS) is 10.4. The van der Waals surface area contributed by atoms with Crippen LogP contribution in [0.5, 0.6) is 5.75 Å². The van der Waals surface area contributed by atoms with E-state index in [9.17, 15) is 14.7 Å². The average molecular weight is 278 g/mol. The Morgan fingerprint density at radius 3 is 2.60 bits per heavy atom. The minimum absolute atomic E-state index is 0.0288. The maximum Gasteiger partial charge on any atom is 0.257 e. The molecular weight excluding hydrogens is 256 g/mol. The van der Waals surface area contributed by atoms with Gasteiger partial charge in [-0.25, -0.2) is 0 Å². The molecule has 1 aromatic carbocycles. The first-order chi connectivity index (χ1) is 9.32. The second kappa shape index (κ2) is 6.93. The summed E-state index contributed by atoms with van der Waals surface area (Å²) >= 11 is 0. The zero-order valence-electron chi connectivity index (χ0n) is 12.4. The van der Waals surface area contributed by atoms with Crippen LogP contribution < -0.4 is 5.32 Å². The third kappa shape index (κ3) is 4.26. The molecule has 0 aliphatic rings. The number of benzene rings is 1. The van der Waals surface area contributed by atoms with E-state index >= 15 is 0 Å². The Kier molecular flexibility index (Phi) is 5.55. The number of hydrogen-bond acceptors (Lipinski definition) is 3. The van der Waals surface area contributed by atoms with Gasteiger partial charge < -0.3 is 15.3 Å². The fourth-order valence-electron chi connectivity index (χ4n) is 1.70. The van der Waals surface area contributed by atoms with Crippen molar-refractivity contribution < 1.29 is 14.7 Å². The summed E-state index contributed by atoms with van der Waals surface area (Å²) in [5.41, 5.74) is 0.845. The van der Waals surface area contributed by atoms with Gasteiger partial charge in [0.25, 0.3) is 5.91 Å². The summed E-state index contributed by atoms with van der Waals surface area (Å²) in [6.07, 6.45) is 0. The highest BCUT2D eigenvalue weighted by Crippen LogP contribution is 2.22. The lowest BCUT2D eigenvalue weighted by Crippen LogP contribution is -2.39. The van der Waals surface area contributed by atoms with Crippen LogP contribution in [0.4, 0.5) is 0 Å². The Hall–Kier alpha value is -2.04. The quantitative estimate of drug-likeness (QED) is 0.858. The highest BCUT2D eigenvalue weighted by atomic mass is 16.3. The molecule has 5 nitrogen and oxygen atoms in total. The number of carbonyl (C=O) groups excluding carboxylic acids is 2. The van der Waals surface area contributed by atoms with Crippen molar-refractivity contribution in [1.29, 1.82) is 0 Å². The molecule has 110 valence electrons. The Bertz CT molecular complexity index is 498. The molecule has 0 bridgehead atoms. The fourth-order valence-corrected chi connectivity index (χ4v) is 1.70. The fraction of sp³-hybridized carbons (Fsp3) is 0.467. The molecule has 1 rings (SSSR count). The van der Waals surface area contributed by atoms with E-state index in [2.05, 4.69) is 5.32 Å². The van der Waals surface area contributed by atoms with Crippen LogP contribution in [0.15, 0.2) is 18.2 Å². The Morgan fingerprint density at radius 2 is 2.00 bits per heavy atom. The molecule has 0 saturated heterocycles. The van der Waals surface area contributed by atoms with Gasteiger partial charge in [-0.05, 0) is 24.5 Å². The first kappa shape index (κ1) is 16.0. The first-order valence-electron chi connectivity index (χ1n) is 6.63. The summed E-state index contributed by atoms with van der Waals surface area (Å²) in [5, 5.41) is 12.6. The number of aromatic hydroxyl groups is 1. The van der Waals surface area contributed by atoms with Crippen molar-refractivity contribution in [2.24, 2.45) is 5.92 Å². The van der Waals surface area contributed by atoms with Crippen LogP contribution in [-0.2, 0) is 4.79 Å². The van der Waals surface area contributed by atoms with Crippen molar-refractivity contribution in [3.05, 3.63) is 29.3 Å².